The molecule has 0 aliphatic heterocycles. The average molecular weight is 348 g/mol. The molecule has 0 aromatic heterocycles. The Hall–Kier alpha value is -2.04. The van der Waals surface area contributed by atoms with Crippen LogP contribution in [-0.4, -0.2) is 30.7 Å². The van der Waals surface area contributed by atoms with Crippen molar-refractivity contribution in [3.63, 3.8) is 0 Å². The Morgan fingerprint density at radius 1 is 1.00 bits per heavy atom. The molecule has 140 valence electrons. The number of carbonyl (C=O) groups is 2. The van der Waals surface area contributed by atoms with Crippen LogP contribution < -0.4 is 10.6 Å². The Morgan fingerprint density at radius 2 is 1.56 bits per heavy atom. The molecule has 1 aromatic rings. The van der Waals surface area contributed by atoms with E-state index in [4.69, 9.17) is 4.74 Å². The number of benzene rings is 1. The first-order chi connectivity index (χ1) is 11.6. The predicted molar refractivity (Wildman–Crippen MR) is 101 cm³/mol. The third-order valence-corrected chi connectivity index (χ3v) is 3.61. The Kier molecular flexibility index (Phi) is 7.94. The van der Waals surface area contributed by atoms with E-state index in [1.807, 2.05) is 39.8 Å². The zero-order chi connectivity index (χ0) is 19.0. The third kappa shape index (κ3) is 8.57. The molecular weight excluding hydrogens is 316 g/mol. The summed E-state index contributed by atoms with van der Waals surface area (Å²) in [6.07, 6.45) is 0.563. The van der Waals surface area contributed by atoms with Crippen LogP contribution in [0.5, 0.6) is 0 Å². The first-order valence-electron chi connectivity index (χ1n) is 8.92. The monoisotopic (exact) mass is 348 g/mol. The standard InChI is InChI=1S/C20H32N2O3/c1-14(2)13-16-7-9-17(10-8-16)15(3)18(23)21-11-12-22-19(24)25-20(4,5)6/h7-10,14-15H,11-13H2,1-6H3,(H,21,23)(H,22,24). The summed E-state index contributed by atoms with van der Waals surface area (Å²) >= 11 is 0. The normalized spacial score (nSPS) is 12.6. The Labute approximate surface area is 151 Å². The van der Waals surface area contributed by atoms with E-state index in [0.717, 1.165) is 12.0 Å². The number of ether oxygens (including phenoxy) is 1. The molecule has 0 aliphatic carbocycles. The minimum Gasteiger partial charge on any atom is -0.444 e. The summed E-state index contributed by atoms with van der Waals surface area (Å²) in [5.74, 6) is 0.335. The van der Waals surface area contributed by atoms with E-state index in [1.165, 1.54) is 5.56 Å². The molecule has 2 amide bonds. The maximum Gasteiger partial charge on any atom is 0.407 e. The third-order valence-electron chi connectivity index (χ3n) is 3.61. The lowest BCUT2D eigenvalue weighted by atomic mass is 9.96. The second-order valence-electron chi connectivity index (χ2n) is 7.78. The molecule has 0 spiro atoms. The van der Waals surface area contributed by atoms with E-state index in [2.05, 4.69) is 36.6 Å². The highest BCUT2D eigenvalue weighted by Gasteiger charge is 2.17. The highest BCUT2D eigenvalue weighted by atomic mass is 16.6. The van der Waals surface area contributed by atoms with Gasteiger partial charge in [-0.2, -0.15) is 0 Å². The summed E-state index contributed by atoms with van der Waals surface area (Å²) in [5, 5.41) is 5.46. The molecule has 0 aliphatic rings. The fraction of sp³-hybridized carbons (Fsp3) is 0.600. The van der Waals surface area contributed by atoms with Crippen LogP contribution in [0.25, 0.3) is 0 Å². The Balaban J connectivity index is 2.38. The lowest BCUT2D eigenvalue weighted by Crippen LogP contribution is -2.38. The number of amides is 2. The van der Waals surface area contributed by atoms with Crippen LogP contribution in [0.2, 0.25) is 0 Å². The van der Waals surface area contributed by atoms with Gasteiger partial charge in [0, 0.05) is 13.1 Å². The summed E-state index contributed by atoms with van der Waals surface area (Å²) in [5.41, 5.74) is 1.75. The molecule has 5 heteroatoms. The van der Waals surface area contributed by atoms with Gasteiger partial charge in [-0.3, -0.25) is 4.79 Å². The molecule has 0 heterocycles. The Bertz CT molecular complexity index is 559. The number of hydrogen-bond donors (Lipinski definition) is 2. The largest absolute Gasteiger partial charge is 0.444 e. The molecule has 0 bridgehead atoms. The molecule has 0 saturated heterocycles. The summed E-state index contributed by atoms with van der Waals surface area (Å²) in [7, 11) is 0. The van der Waals surface area contributed by atoms with Crippen LogP contribution in [0, 0.1) is 5.92 Å². The van der Waals surface area contributed by atoms with Crippen molar-refractivity contribution in [2.75, 3.05) is 13.1 Å². The maximum absolute atomic E-state index is 12.2. The summed E-state index contributed by atoms with van der Waals surface area (Å²) in [4.78, 5) is 23.7. The van der Waals surface area contributed by atoms with Crippen molar-refractivity contribution in [1.82, 2.24) is 10.6 Å². The van der Waals surface area contributed by atoms with Gasteiger partial charge in [0.1, 0.15) is 5.60 Å². The van der Waals surface area contributed by atoms with E-state index in [9.17, 15) is 9.59 Å². The Morgan fingerprint density at radius 3 is 2.08 bits per heavy atom. The quantitative estimate of drug-likeness (QED) is 0.740. The molecule has 0 fully saturated rings. The average Bonchev–Trinajstić information content (AvgIpc) is 2.49. The van der Waals surface area contributed by atoms with E-state index in [1.54, 1.807) is 0 Å². The van der Waals surface area contributed by atoms with E-state index >= 15 is 0 Å². The van der Waals surface area contributed by atoms with Gasteiger partial charge in [-0.15, -0.1) is 0 Å². The van der Waals surface area contributed by atoms with Gasteiger partial charge in [0.25, 0.3) is 0 Å². The van der Waals surface area contributed by atoms with Crippen molar-refractivity contribution in [1.29, 1.82) is 0 Å². The SMILES string of the molecule is CC(C)Cc1ccc(C(C)C(=O)NCCNC(=O)OC(C)(C)C)cc1. The second-order valence-corrected chi connectivity index (χ2v) is 7.78. The number of rotatable bonds is 7. The van der Waals surface area contributed by atoms with Gasteiger partial charge in [-0.1, -0.05) is 38.1 Å². The molecule has 1 rings (SSSR count). The van der Waals surface area contributed by atoms with Crippen LogP contribution in [0.15, 0.2) is 24.3 Å². The number of hydrogen-bond acceptors (Lipinski definition) is 3. The van der Waals surface area contributed by atoms with Crippen molar-refractivity contribution >= 4 is 12.0 Å². The van der Waals surface area contributed by atoms with Gasteiger partial charge in [-0.25, -0.2) is 4.79 Å². The van der Waals surface area contributed by atoms with Gasteiger partial charge in [-0.05, 0) is 51.2 Å². The van der Waals surface area contributed by atoms with Gasteiger partial charge >= 0.3 is 6.09 Å². The highest BCUT2D eigenvalue weighted by Crippen LogP contribution is 2.17. The number of nitrogens with one attached hydrogen (secondary N) is 2. The zero-order valence-electron chi connectivity index (χ0n) is 16.3. The summed E-state index contributed by atoms with van der Waals surface area (Å²) in [6, 6.07) is 8.20. The van der Waals surface area contributed by atoms with Gasteiger partial charge < -0.3 is 15.4 Å². The lowest BCUT2D eigenvalue weighted by Gasteiger charge is -2.20. The minimum atomic E-state index is -0.524. The summed E-state index contributed by atoms with van der Waals surface area (Å²) in [6.45, 7) is 12.4. The highest BCUT2D eigenvalue weighted by molar-refractivity contribution is 5.83. The van der Waals surface area contributed by atoms with Crippen LogP contribution in [0.1, 0.15) is 58.6 Å². The van der Waals surface area contributed by atoms with Crippen molar-refractivity contribution in [3.05, 3.63) is 35.4 Å². The van der Waals surface area contributed by atoms with Crippen LogP contribution in [0.3, 0.4) is 0 Å². The lowest BCUT2D eigenvalue weighted by molar-refractivity contribution is -0.122. The predicted octanol–water partition coefficient (Wildman–Crippen LogP) is 3.63. The van der Waals surface area contributed by atoms with Crippen LogP contribution >= 0.6 is 0 Å². The van der Waals surface area contributed by atoms with Crippen LogP contribution in [0.4, 0.5) is 4.79 Å². The van der Waals surface area contributed by atoms with E-state index in [-0.39, 0.29) is 11.8 Å². The van der Waals surface area contributed by atoms with Gasteiger partial charge in [0.15, 0.2) is 0 Å². The van der Waals surface area contributed by atoms with E-state index < -0.39 is 11.7 Å². The molecular formula is C20H32N2O3. The fourth-order valence-electron chi connectivity index (χ4n) is 2.38. The van der Waals surface area contributed by atoms with Crippen molar-refractivity contribution in [2.24, 2.45) is 5.92 Å². The number of carbonyl (C=O) groups excluding carboxylic acids is 2. The molecule has 0 radical (unpaired) electrons. The topological polar surface area (TPSA) is 67.4 Å². The zero-order valence-corrected chi connectivity index (χ0v) is 16.3. The van der Waals surface area contributed by atoms with Gasteiger partial charge in [0.05, 0.1) is 5.92 Å². The molecule has 0 saturated carbocycles. The first-order valence-corrected chi connectivity index (χ1v) is 8.92. The van der Waals surface area contributed by atoms with Crippen molar-refractivity contribution in [2.45, 2.75) is 59.5 Å². The fourth-order valence-corrected chi connectivity index (χ4v) is 2.38. The van der Waals surface area contributed by atoms with Gasteiger partial charge in [0.2, 0.25) is 5.91 Å². The smallest absolute Gasteiger partial charge is 0.407 e. The molecule has 5 nitrogen and oxygen atoms in total. The minimum absolute atomic E-state index is 0.0531. The molecule has 1 atom stereocenters. The summed E-state index contributed by atoms with van der Waals surface area (Å²) < 4.78 is 5.14. The van der Waals surface area contributed by atoms with Crippen molar-refractivity contribution in [3.8, 4) is 0 Å². The first kappa shape index (κ1) is 21.0. The van der Waals surface area contributed by atoms with Crippen molar-refractivity contribution < 1.29 is 14.3 Å². The van der Waals surface area contributed by atoms with Crippen LogP contribution in [-0.2, 0) is 16.0 Å². The van der Waals surface area contributed by atoms with E-state index in [0.29, 0.717) is 19.0 Å². The number of alkyl carbamates (subject to hydrolysis) is 1. The molecule has 2 N–H and O–H groups in total. The maximum atomic E-state index is 12.2. The molecule has 1 unspecified atom stereocenters. The molecule has 25 heavy (non-hydrogen) atoms. The molecule has 1 aromatic carbocycles. The second kappa shape index (κ2) is 9.44.